The molecule has 0 saturated heterocycles. The Kier molecular flexibility index (Phi) is 5.18. The van der Waals surface area contributed by atoms with E-state index in [0.29, 0.717) is 5.75 Å². The maximum Gasteiger partial charge on any atom is 0.174 e. The molecule has 154 valence electrons. The largest absolute Gasteiger partial charge is 0.496 e. The molecule has 0 amide bonds. The minimum atomic E-state index is 0.670. The number of hydrogen-bond acceptors (Lipinski definition) is 5. The van der Waals surface area contributed by atoms with Crippen molar-refractivity contribution in [3.63, 3.8) is 0 Å². The predicted molar refractivity (Wildman–Crippen MR) is 124 cm³/mol. The molecule has 5 aromatic rings. The van der Waals surface area contributed by atoms with Gasteiger partial charge in [0, 0.05) is 11.8 Å². The summed E-state index contributed by atoms with van der Waals surface area (Å²) in [6, 6.07) is 20.1. The topological polar surface area (TPSA) is 68.6 Å². The van der Waals surface area contributed by atoms with Crippen molar-refractivity contribution in [2.45, 2.75) is 17.8 Å². The number of H-pyrrole nitrogens is 1. The fourth-order valence-corrected chi connectivity index (χ4v) is 4.35. The number of nitrogens with zero attached hydrogens (tertiary/aromatic N) is 4. The molecule has 0 aliphatic heterocycles. The van der Waals surface area contributed by atoms with Gasteiger partial charge in [0.15, 0.2) is 5.16 Å². The summed E-state index contributed by atoms with van der Waals surface area (Å²) >= 11 is 1.62. The van der Waals surface area contributed by atoms with Crippen molar-refractivity contribution in [1.82, 2.24) is 24.5 Å². The number of aryl methyl sites for hydroxylation is 1. The molecule has 0 fully saturated rings. The summed E-state index contributed by atoms with van der Waals surface area (Å²) in [5.41, 5.74) is 5.02. The number of aromatic amines is 1. The van der Waals surface area contributed by atoms with Gasteiger partial charge in [0.25, 0.3) is 0 Å². The average Bonchev–Trinajstić information content (AvgIpc) is 3.42. The molecule has 0 radical (unpaired) electrons. The zero-order valence-corrected chi connectivity index (χ0v) is 18.1. The molecular formula is C24H21N5OS. The van der Waals surface area contributed by atoms with Crippen LogP contribution in [0.5, 0.6) is 5.75 Å². The van der Waals surface area contributed by atoms with Crippen LogP contribution in [0.2, 0.25) is 0 Å². The van der Waals surface area contributed by atoms with Crippen molar-refractivity contribution < 1.29 is 4.74 Å². The maximum absolute atomic E-state index is 5.60. The molecule has 0 unspecified atom stereocenters. The Hall–Kier alpha value is -3.58. The molecule has 0 bridgehead atoms. The number of pyridine rings is 1. The molecule has 5 rings (SSSR count). The Balaban J connectivity index is 1.55. The predicted octanol–water partition coefficient (Wildman–Crippen LogP) is 5.42. The quantitative estimate of drug-likeness (QED) is 0.367. The average molecular weight is 428 g/mol. The smallest absolute Gasteiger partial charge is 0.174 e. The lowest BCUT2D eigenvalue weighted by molar-refractivity contribution is 0.416. The second-order valence-corrected chi connectivity index (χ2v) is 8.09. The summed E-state index contributed by atoms with van der Waals surface area (Å²) in [5.74, 6) is 3.19. The van der Waals surface area contributed by atoms with Gasteiger partial charge in [-0.25, -0.2) is 15.0 Å². The number of imidazole rings is 2. The van der Waals surface area contributed by atoms with Crippen molar-refractivity contribution in [3.8, 4) is 22.8 Å². The third kappa shape index (κ3) is 3.80. The van der Waals surface area contributed by atoms with Crippen LogP contribution in [0.15, 0.2) is 78.2 Å². The number of methoxy groups -OCH3 is 1. The molecular weight excluding hydrogens is 406 g/mol. The maximum atomic E-state index is 5.60. The highest BCUT2D eigenvalue weighted by Crippen LogP contribution is 2.35. The normalized spacial score (nSPS) is 11.2. The number of nitrogens with one attached hydrogen (secondary N) is 1. The van der Waals surface area contributed by atoms with E-state index in [4.69, 9.17) is 9.72 Å². The van der Waals surface area contributed by atoms with E-state index in [0.717, 1.165) is 50.4 Å². The Bertz CT molecular complexity index is 1310. The number of benzene rings is 2. The van der Waals surface area contributed by atoms with Crippen LogP contribution in [0.3, 0.4) is 0 Å². The monoisotopic (exact) mass is 427 g/mol. The molecule has 1 N–H and O–H groups in total. The van der Waals surface area contributed by atoms with Gasteiger partial charge in [-0.2, -0.15) is 0 Å². The molecule has 3 heterocycles. The molecule has 0 atom stereocenters. The van der Waals surface area contributed by atoms with E-state index < -0.39 is 0 Å². The molecule has 2 aromatic carbocycles. The highest BCUT2D eigenvalue weighted by atomic mass is 32.2. The number of fused-ring (bicyclic) bond motifs is 1. The van der Waals surface area contributed by atoms with Crippen LogP contribution >= 0.6 is 11.8 Å². The molecule has 0 aliphatic rings. The van der Waals surface area contributed by atoms with Crippen LogP contribution in [-0.2, 0) is 5.75 Å². The van der Waals surface area contributed by atoms with Crippen molar-refractivity contribution in [2.24, 2.45) is 0 Å². The summed E-state index contributed by atoms with van der Waals surface area (Å²) in [6.45, 7) is 2.03. The third-order valence-electron chi connectivity index (χ3n) is 5.01. The van der Waals surface area contributed by atoms with Crippen LogP contribution in [0, 0.1) is 6.92 Å². The van der Waals surface area contributed by atoms with E-state index in [2.05, 4.69) is 25.6 Å². The first-order chi connectivity index (χ1) is 15.2. The van der Waals surface area contributed by atoms with Gasteiger partial charge in [-0.05, 0) is 42.8 Å². The van der Waals surface area contributed by atoms with Crippen LogP contribution in [0.25, 0.3) is 28.1 Å². The zero-order valence-electron chi connectivity index (χ0n) is 17.2. The van der Waals surface area contributed by atoms with Crippen LogP contribution in [-0.4, -0.2) is 31.6 Å². The summed E-state index contributed by atoms with van der Waals surface area (Å²) < 4.78 is 7.67. The number of rotatable bonds is 6. The SMILES string of the molecule is COc1ccccc1-c1cnc(SCc2nc3ccccc3[nH]2)n1-c1ccc(C)cn1. The van der Waals surface area contributed by atoms with Gasteiger partial charge in [0.05, 0.1) is 35.8 Å². The number of thioether (sulfide) groups is 1. The van der Waals surface area contributed by atoms with E-state index >= 15 is 0 Å². The zero-order chi connectivity index (χ0) is 21.2. The van der Waals surface area contributed by atoms with E-state index in [1.165, 1.54) is 0 Å². The highest BCUT2D eigenvalue weighted by molar-refractivity contribution is 7.98. The number of ether oxygens (including phenoxy) is 1. The fraction of sp³-hybridized carbons (Fsp3) is 0.125. The lowest BCUT2D eigenvalue weighted by atomic mass is 10.1. The Morgan fingerprint density at radius 1 is 0.968 bits per heavy atom. The van der Waals surface area contributed by atoms with Crippen LogP contribution in [0.4, 0.5) is 0 Å². The summed E-state index contributed by atoms with van der Waals surface area (Å²) in [5, 5.41) is 0.845. The van der Waals surface area contributed by atoms with Gasteiger partial charge < -0.3 is 9.72 Å². The Morgan fingerprint density at radius 3 is 2.61 bits per heavy atom. The van der Waals surface area contributed by atoms with E-state index in [9.17, 15) is 0 Å². The number of para-hydroxylation sites is 3. The number of aromatic nitrogens is 5. The molecule has 6 nitrogen and oxygen atoms in total. The van der Waals surface area contributed by atoms with Crippen molar-refractivity contribution in [2.75, 3.05) is 7.11 Å². The van der Waals surface area contributed by atoms with Gasteiger partial charge >= 0.3 is 0 Å². The highest BCUT2D eigenvalue weighted by Gasteiger charge is 2.18. The first kappa shape index (κ1) is 19.4. The van der Waals surface area contributed by atoms with Gasteiger partial charge in [0.1, 0.15) is 17.4 Å². The Morgan fingerprint density at radius 2 is 1.81 bits per heavy atom. The molecule has 0 spiro atoms. The van der Waals surface area contributed by atoms with Crippen molar-refractivity contribution >= 4 is 22.8 Å². The fourth-order valence-electron chi connectivity index (χ4n) is 3.50. The lowest BCUT2D eigenvalue weighted by Crippen LogP contribution is -2.03. The molecule has 31 heavy (non-hydrogen) atoms. The summed E-state index contributed by atoms with van der Waals surface area (Å²) in [7, 11) is 1.68. The third-order valence-corrected chi connectivity index (χ3v) is 5.98. The van der Waals surface area contributed by atoms with Gasteiger partial charge in [-0.1, -0.05) is 42.1 Å². The van der Waals surface area contributed by atoms with E-state index in [1.807, 2.05) is 73.9 Å². The minimum absolute atomic E-state index is 0.670. The molecule has 0 aliphatic carbocycles. The van der Waals surface area contributed by atoms with E-state index in [1.54, 1.807) is 18.9 Å². The second kappa shape index (κ2) is 8.28. The van der Waals surface area contributed by atoms with Crippen molar-refractivity contribution in [1.29, 1.82) is 0 Å². The first-order valence-corrected chi connectivity index (χ1v) is 10.9. The second-order valence-electron chi connectivity index (χ2n) is 7.14. The number of hydrogen-bond donors (Lipinski definition) is 1. The van der Waals surface area contributed by atoms with E-state index in [-0.39, 0.29) is 0 Å². The van der Waals surface area contributed by atoms with Gasteiger partial charge in [-0.3, -0.25) is 4.57 Å². The summed E-state index contributed by atoms with van der Waals surface area (Å²) in [6.07, 6.45) is 3.75. The first-order valence-electron chi connectivity index (χ1n) is 9.93. The summed E-state index contributed by atoms with van der Waals surface area (Å²) in [4.78, 5) is 17.5. The Labute approximate surface area is 184 Å². The lowest BCUT2D eigenvalue weighted by Gasteiger charge is -2.13. The standard InChI is InChI=1S/C24H21N5OS/c1-16-11-12-23(25-13-16)29-20(17-7-3-6-10-21(17)30-2)14-26-24(29)31-15-22-27-18-8-4-5-9-19(18)28-22/h3-14H,15H2,1-2H3,(H,27,28). The van der Waals surface area contributed by atoms with Crippen LogP contribution < -0.4 is 4.74 Å². The molecule has 7 heteroatoms. The van der Waals surface area contributed by atoms with Crippen LogP contribution in [0.1, 0.15) is 11.4 Å². The minimum Gasteiger partial charge on any atom is -0.496 e. The van der Waals surface area contributed by atoms with Gasteiger partial charge in [0.2, 0.25) is 0 Å². The molecule has 0 saturated carbocycles. The van der Waals surface area contributed by atoms with Crippen molar-refractivity contribution in [3.05, 3.63) is 84.4 Å². The molecule has 3 aromatic heterocycles. The van der Waals surface area contributed by atoms with Gasteiger partial charge in [-0.15, -0.1) is 0 Å².